The lowest BCUT2D eigenvalue weighted by atomic mass is 10.1. The molecule has 0 aromatic heterocycles. The summed E-state index contributed by atoms with van der Waals surface area (Å²) in [5.74, 6) is 0.216. The van der Waals surface area contributed by atoms with E-state index in [4.69, 9.17) is 14.2 Å². The maximum Gasteiger partial charge on any atom is 0.310 e. The molecule has 0 radical (unpaired) electrons. The summed E-state index contributed by atoms with van der Waals surface area (Å²) in [5, 5.41) is 9.86. The van der Waals surface area contributed by atoms with Gasteiger partial charge in [-0.25, -0.2) is 0 Å². The van der Waals surface area contributed by atoms with Gasteiger partial charge in [0.1, 0.15) is 0 Å². The smallest absolute Gasteiger partial charge is 0.310 e. The minimum atomic E-state index is -0.340. The quantitative estimate of drug-likeness (QED) is 0.622. The number of aromatic hydroxyl groups is 1. The molecule has 0 saturated carbocycles. The Morgan fingerprint density at radius 3 is 2.29 bits per heavy atom. The Balaban J connectivity index is 1.91. The Morgan fingerprint density at radius 1 is 1.08 bits per heavy atom. The van der Waals surface area contributed by atoms with Crippen LogP contribution in [0.2, 0.25) is 0 Å². The van der Waals surface area contributed by atoms with Crippen molar-refractivity contribution in [3.63, 3.8) is 0 Å². The Morgan fingerprint density at radius 2 is 1.71 bits per heavy atom. The molecule has 0 aliphatic carbocycles. The first-order valence-corrected chi connectivity index (χ1v) is 7.49. The number of ether oxygens (including phenoxy) is 3. The monoisotopic (exact) mass is 328 g/mol. The van der Waals surface area contributed by atoms with Crippen molar-refractivity contribution in [2.75, 3.05) is 14.2 Å². The fraction of sp³-hybridized carbons (Fsp3) is 0.211. The van der Waals surface area contributed by atoms with Crippen LogP contribution in [0.15, 0.2) is 48.7 Å². The van der Waals surface area contributed by atoms with E-state index < -0.39 is 0 Å². The number of rotatable bonds is 7. The van der Waals surface area contributed by atoms with Crippen molar-refractivity contribution >= 4 is 12.0 Å². The molecule has 0 aliphatic heterocycles. The van der Waals surface area contributed by atoms with Crippen molar-refractivity contribution in [2.24, 2.45) is 0 Å². The van der Waals surface area contributed by atoms with E-state index in [0.29, 0.717) is 17.9 Å². The molecule has 24 heavy (non-hydrogen) atoms. The Labute approximate surface area is 141 Å². The van der Waals surface area contributed by atoms with Crippen LogP contribution in [0.4, 0.5) is 0 Å². The summed E-state index contributed by atoms with van der Waals surface area (Å²) in [6, 6.07) is 12.9. The van der Waals surface area contributed by atoms with Crippen LogP contribution in [0.5, 0.6) is 17.2 Å². The maximum atomic E-state index is 11.8. The first-order valence-electron chi connectivity index (χ1n) is 7.49. The van der Waals surface area contributed by atoms with Crippen LogP contribution in [-0.4, -0.2) is 25.3 Å². The highest BCUT2D eigenvalue weighted by Gasteiger charge is 2.12. The number of methoxy groups -OCH3 is 2. The zero-order valence-electron chi connectivity index (χ0n) is 13.7. The van der Waals surface area contributed by atoms with E-state index in [9.17, 15) is 9.90 Å². The minimum absolute atomic E-state index is 0.0582. The van der Waals surface area contributed by atoms with Crippen LogP contribution in [0.1, 0.15) is 17.5 Å². The third kappa shape index (κ3) is 4.78. The highest BCUT2D eigenvalue weighted by atomic mass is 16.5. The maximum absolute atomic E-state index is 11.8. The number of carbonyl (C=O) groups is 1. The van der Waals surface area contributed by atoms with Crippen molar-refractivity contribution in [3.05, 3.63) is 59.9 Å². The predicted molar refractivity (Wildman–Crippen MR) is 91.1 cm³/mol. The molecule has 0 unspecified atom stereocenters. The van der Waals surface area contributed by atoms with E-state index in [1.807, 2.05) is 30.3 Å². The van der Waals surface area contributed by atoms with Gasteiger partial charge in [0.2, 0.25) is 5.75 Å². The van der Waals surface area contributed by atoms with Gasteiger partial charge in [-0.3, -0.25) is 4.79 Å². The Bertz CT molecular complexity index is 682. The van der Waals surface area contributed by atoms with Crippen molar-refractivity contribution in [2.45, 2.75) is 12.8 Å². The highest BCUT2D eigenvalue weighted by molar-refractivity contribution is 5.71. The number of phenolic OH excluding ortho intramolecular Hbond substituents is 1. The number of aryl methyl sites for hydroxylation is 1. The third-order valence-electron chi connectivity index (χ3n) is 3.42. The molecule has 2 rings (SSSR count). The average Bonchev–Trinajstić information content (AvgIpc) is 2.61. The summed E-state index contributed by atoms with van der Waals surface area (Å²) in [6.45, 7) is 0. The van der Waals surface area contributed by atoms with Crippen LogP contribution >= 0.6 is 0 Å². The molecule has 0 heterocycles. The van der Waals surface area contributed by atoms with Gasteiger partial charge >= 0.3 is 5.97 Å². The zero-order valence-corrected chi connectivity index (χ0v) is 13.7. The van der Waals surface area contributed by atoms with Gasteiger partial charge in [0, 0.05) is 6.42 Å². The second kappa shape index (κ2) is 8.62. The second-order valence-corrected chi connectivity index (χ2v) is 5.05. The Kier molecular flexibility index (Phi) is 6.25. The first kappa shape index (κ1) is 17.4. The van der Waals surface area contributed by atoms with Gasteiger partial charge in [0.05, 0.1) is 20.5 Å². The summed E-state index contributed by atoms with van der Waals surface area (Å²) in [7, 11) is 2.92. The van der Waals surface area contributed by atoms with Gasteiger partial charge in [-0.05, 0) is 35.8 Å². The lowest BCUT2D eigenvalue weighted by Crippen LogP contribution is -2.02. The zero-order chi connectivity index (χ0) is 17.4. The average molecular weight is 328 g/mol. The summed E-state index contributed by atoms with van der Waals surface area (Å²) >= 11 is 0. The summed E-state index contributed by atoms with van der Waals surface area (Å²) in [5.41, 5.74) is 1.77. The lowest BCUT2D eigenvalue weighted by molar-refractivity contribution is -0.137. The van der Waals surface area contributed by atoms with Crippen molar-refractivity contribution in [1.29, 1.82) is 0 Å². The van der Waals surface area contributed by atoms with Crippen LogP contribution in [-0.2, 0) is 16.0 Å². The van der Waals surface area contributed by atoms with Gasteiger partial charge < -0.3 is 19.3 Å². The number of hydrogen-bond acceptors (Lipinski definition) is 5. The van der Waals surface area contributed by atoms with E-state index in [1.54, 1.807) is 18.2 Å². The minimum Gasteiger partial charge on any atom is -0.502 e. The molecular formula is C19H20O5. The highest BCUT2D eigenvalue weighted by Crippen LogP contribution is 2.37. The van der Waals surface area contributed by atoms with Gasteiger partial charge in [0.15, 0.2) is 11.5 Å². The van der Waals surface area contributed by atoms with Gasteiger partial charge in [-0.15, -0.1) is 0 Å². The fourth-order valence-corrected chi connectivity index (χ4v) is 2.15. The fourth-order valence-electron chi connectivity index (χ4n) is 2.15. The van der Waals surface area contributed by atoms with Crippen LogP contribution in [0.3, 0.4) is 0 Å². The molecule has 5 heteroatoms. The number of hydrogen-bond donors (Lipinski definition) is 1. The molecule has 0 saturated heterocycles. The lowest BCUT2D eigenvalue weighted by Gasteiger charge is -2.10. The molecule has 2 aromatic carbocycles. The van der Waals surface area contributed by atoms with E-state index >= 15 is 0 Å². The number of carbonyl (C=O) groups excluding carboxylic acids is 1. The molecule has 0 atom stereocenters. The molecule has 1 N–H and O–H groups in total. The molecule has 126 valence electrons. The third-order valence-corrected chi connectivity index (χ3v) is 3.42. The van der Waals surface area contributed by atoms with Crippen molar-refractivity contribution in [3.8, 4) is 17.2 Å². The first-order chi connectivity index (χ1) is 11.6. The van der Waals surface area contributed by atoms with Crippen LogP contribution < -0.4 is 9.47 Å². The summed E-state index contributed by atoms with van der Waals surface area (Å²) in [4.78, 5) is 11.8. The molecule has 0 spiro atoms. The topological polar surface area (TPSA) is 65.0 Å². The molecular weight excluding hydrogens is 308 g/mol. The predicted octanol–water partition coefficient (Wildman–Crippen LogP) is 3.56. The Hall–Kier alpha value is -2.95. The molecule has 0 aliphatic rings. The molecule has 2 aromatic rings. The molecule has 0 amide bonds. The van der Waals surface area contributed by atoms with E-state index in [0.717, 1.165) is 11.1 Å². The number of phenols is 1. The van der Waals surface area contributed by atoms with Crippen LogP contribution in [0, 0.1) is 0 Å². The van der Waals surface area contributed by atoms with E-state index in [1.165, 1.54) is 20.5 Å². The molecule has 0 fully saturated rings. The van der Waals surface area contributed by atoms with Gasteiger partial charge in [-0.2, -0.15) is 0 Å². The normalized spacial score (nSPS) is 10.6. The largest absolute Gasteiger partial charge is 0.502 e. The van der Waals surface area contributed by atoms with Gasteiger partial charge in [-0.1, -0.05) is 30.3 Å². The van der Waals surface area contributed by atoms with E-state index in [2.05, 4.69) is 0 Å². The van der Waals surface area contributed by atoms with E-state index in [-0.39, 0.29) is 18.1 Å². The SMILES string of the molecule is COc1cc(CCC(=O)OC=Cc2ccccc2)cc(OC)c1O. The summed E-state index contributed by atoms with van der Waals surface area (Å²) in [6.07, 6.45) is 3.77. The summed E-state index contributed by atoms with van der Waals surface area (Å²) < 4.78 is 15.3. The second-order valence-electron chi connectivity index (χ2n) is 5.05. The van der Waals surface area contributed by atoms with Crippen molar-refractivity contribution in [1.82, 2.24) is 0 Å². The van der Waals surface area contributed by atoms with Crippen molar-refractivity contribution < 1.29 is 24.1 Å². The van der Waals surface area contributed by atoms with Gasteiger partial charge in [0.25, 0.3) is 0 Å². The number of benzene rings is 2. The standard InChI is InChI=1S/C19H20O5/c1-22-16-12-15(13-17(23-2)19(16)21)8-9-18(20)24-11-10-14-6-4-3-5-7-14/h3-7,10-13,21H,8-9H2,1-2H3. The molecule has 0 bridgehead atoms. The van der Waals surface area contributed by atoms with Crippen LogP contribution in [0.25, 0.3) is 6.08 Å². The molecule has 5 nitrogen and oxygen atoms in total. The number of esters is 1.